The maximum Gasteiger partial charge on any atom is 0.251 e. The molecule has 0 atom stereocenters. The fourth-order valence-electron chi connectivity index (χ4n) is 4.92. The monoisotopic (exact) mass is 433 g/mol. The predicted octanol–water partition coefficient (Wildman–Crippen LogP) is 3.88. The van der Waals surface area contributed by atoms with E-state index in [1.165, 1.54) is 11.1 Å². The Morgan fingerprint density at radius 2 is 1.50 bits per heavy atom. The van der Waals surface area contributed by atoms with Crippen molar-refractivity contribution in [3.63, 3.8) is 0 Å². The largest absolute Gasteiger partial charge is 0.349 e. The highest BCUT2D eigenvalue weighted by atomic mass is 16.2. The molecule has 4 rings (SSSR count). The van der Waals surface area contributed by atoms with Crippen LogP contribution in [0.3, 0.4) is 0 Å². The normalized spacial score (nSPS) is 18.5. The molecule has 0 unspecified atom stereocenters. The number of nitrogens with one attached hydrogen (secondary N) is 1. The Bertz CT molecular complexity index is 881. The Hall–Kier alpha value is -2.66. The van der Waals surface area contributed by atoms with E-state index >= 15 is 0 Å². The van der Waals surface area contributed by atoms with Crippen molar-refractivity contribution in [2.75, 3.05) is 26.2 Å². The van der Waals surface area contributed by atoms with Gasteiger partial charge >= 0.3 is 0 Å². The average Bonchev–Trinajstić information content (AvgIpc) is 2.82. The molecule has 0 spiro atoms. The highest BCUT2D eigenvalue weighted by molar-refractivity contribution is 5.94. The zero-order valence-corrected chi connectivity index (χ0v) is 19.1. The summed E-state index contributed by atoms with van der Waals surface area (Å²) in [5, 5.41) is 3.23. The van der Waals surface area contributed by atoms with Crippen LogP contribution in [0.1, 0.15) is 54.1 Å². The van der Waals surface area contributed by atoms with Crippen LogP contribution in [0.5, 0.6) is 0 Å². The van der Waals surface area contributed by atoms with Crippen LogP contribution >= 0.6 is 0 Å². The molecule has 2 aliphatic rings. The standard InChI is InChI=1S/C27H35N3O2/c1-21(31)30-17-11-23(12-18-30)19-22-7-9-25(10-8-22)27(32)28-26-13-15-29(16-14-26)20-24-5-3-2-4-6-24/h2-10,23,26H,11-20H2,1H3,(H,28,32). The Balaban J connectivity index is 1.20. The number of piperidine rings is 2. The number of carbonyl (C=O) groups excluding carboxylic acids is 2. The third kappa shape index (κ3) is 6.19. The lowest BCUT2D eigenvalue weighted by Gasteiger charge is -2.32. The molecule has 5 heteroatoms. The molecule has 5 nitrogen and oxygen atoms in total. The smallest absolute Gasteiger partial charge is 0.251 e. The van der Waals surface area contributed by atoms with Crippen LogP contribution in [0.15, 0.2) is 54.6 Å². The van der Waals surface area contributed by atoms with Gasteiger partial charge in [-0.05, 0) is 61.3 Å². The number of likely N-dealkylation sites (tertiary alicyclic amines) is 2. The first-order valence-corrected chi connectivity index (χ1v) is 12.0. The van der Waals surface area contributed by atoms with Crippen molar-refractivity contribution in [3.8, 4) is 0 Å². The van der Waals surface area contributed by atoms with Crippen molar-refractivity contribution in [2.24, 2.45) is 5.92 Å². The summed E-state index contributed by atoms with van der Waals surface area (Å²) in [7, 11) is 0. The molecule has 2 fully saturated rings. The highest BCUT2D eigenvalue weighted by Gasteiger charge is 2.22. The molecule has 0 bridgehead atoms. The number of hydrogen-bond donors (Lipinski definition) is 1. The summed E-state index contributed by atoms with van der Waals surface area (Å²) in [6, 6.07) is 18.9. The molecule has 2 aromatic carbocycles. The first-order valence-electron chi connectivity index (χ1n) is 12.0. The van der Waals surface area contributed by atoms with Crippen LogP contribution in [0, 0.1) is 5.92 Å². The quantitative estimate of drug-likeness (QED) is 0.752. The Morgan fingerprint density at radius 3 is 2.12 bits per heavy atom. The number of amides is 2. The molecule has 0 aliphatic carbocycles. The van der Waals surface area contributed by atoms with E-state index in [1.807, 2.05) is 17.0 Å². The van der Waals surface area contributed by atoms with E-state index in [-0.39, 0.29) is 17.9 Å². The van der Waals surface area contributed by atoms with Crippen molar-refractivity contribution in [1.29, 1.82) is 0 Å². The van der Waals surface area contributed by atoms with Gasteiger partial charge in [-0.2, -0.15) is 0 Å². The molecule has 1 N–H and O–H groups in total. The third-order valence-corrected chi connectivity index (χ3v) is 6.97. The summed E-state index contributed by atoms with van der Waals surface area (Å²) in [5.41, 5.74) is 3.36. The topological polar surface area (TPSA) is 52.7 Å². The molecule has 170 valence electrons. The van der Waals surface area contributed by atoms with E-state index in [1.54, 1.807) is 6.92 Å². The first kappa shape index (κ1) is 22.5. The second-order valence-corrected chi connectivity index (χ2v) is 9.36. The second-order valence-electron chi connectivity index (χ2n) is 9.36. The van der Waals surface area contributed by atoms with Crippen LogP contribution in [-0.2, 0) is 17.8 Å². The molecular formula is C27H35N3O2. The molecule has 0 aromatic heterocycles. The van der Waals surface area contributed by atoms with Crippen molar-refractivity contribution in [1.82, 2.24) is 15.1 Å². The van der Waals surface area contributed by atoms with Gasteiger partial charge in [-0.15, -0.1) is 0 Å². The summed E-state index contributed by atoms with van der Waals surface area (Å²) in [5.74, 6) is 0.833. The van der Waals surface area contributed by atoms with Crippen molar-refractivity contribution >= 4 is 11.8 Å². The lowest BCUT2D eigenvalue weighted by molar-refractivity contribution is -0.130. The molecule has 0 saturated carbocycles. The van der Waals surface area contributed by atoms with Gasteiger partial charge in [0, 0.05) is 51.3 Å². The molecular weight excluding hydrogens is 398 g/mol. The first-order chi connectivity index (χ1) is 15.6. The van der Waals surface area contributed by atoms with E-state index in [2.05, 4.69) is 52.7 Å². The maximum absolute atomic E-state index is 12.7. The average molecular weight is 434 g/mol. The zero-order chi connectivity index (χ0) is 22.3. The summed E-state index contributed by atoms with van der Waals surface area (Å²) in [4.78, 5) is 28.6. The summed E-state index contributed by atoms with van der Waals surface area (Å²) in [6.45, 7) is 6.40. The minimum Gasteiger partial charge on any atom is -0.349 e. The van der Waals surface area contributed by atoms with Gasteiger partial charge in [-0.3, -0.25) is 14.5 Å². The number of rotatable bonds is 6. The van der Waals surface area contributed by atoms with E-state index in [0.29, 0.717) is 5.92 Å². The van der Waals surface area contributed by atoms with Gasteiger partial charge < -0.3 is 10.2 Å². The lowest BCUT2D eigenvalue weighted by atomic mass is 9.90. The predicted molar refractivity (Wildman–Crippen MR) is 127 cm³/mol. The number of nitrogens with zero attached hydrogens (tertiary/aromatic N) is 2. The maximum atomic E-state index is 12.7. The molecule has 0 radical (unpaired) electrons. The van der Waals surface area contributed by atoms with Gasteiger partial charge in [0.1, 0.15) is 0 Å². The van der Waals surface area contributed by atoms with E-state index in [0.717, 1.165) is 70.4 Å². The highest BCUT2D eigenvalue weighted by Crippen LogP contribution is 2.22. The van der Waals surface area contributed by atoms with Gasteiger partial charge in [0.25, 0.3) is 5.91 Å². The molecule has 2 heterocycles. The minimum atomic E-state index is 0.0350. The van der Waals surface area contributed by atoms with Crippen LogP contribution in [-0.4, -0.2) is 53.8 Å². The summed E-state index contributed by atoms with van der Waals surface area (Å²) < 4.78 is 0. The van der Waals surface area contributed by atoms with E-state index in [4.69, 9.17) is 0 Å². The molecule has 2 saturated heterocycles. The van der Waals surface area contributed by atoms with Crippen LogP contribution in [0.4, 0.5) is 0 Å². The van der Waals surface area contributed by atoms with Gasteiger partial charge in [-0.1, -0.05) is 42.5 Å². The fourth-order valence-corrected chi connectivity index (χ4v) is 4.92. The van der Waals surface area contributed by atoms with Crippen molar-refractivity contribution in [3.05, 3.63) is 71.3 Å². The summed E-state index contributed by atoms with van der Waals surface area (Å²) >= 11 is 0. The molecule has 2 aliphatic heterocycles. The third-order valence-electron chi connectivity index (χ3n) is 6.97. The zero-order valence-electron chi connectivity index (χ0n) is 19.1. The molecule has 2 aromatic rings. The molecule has 2 amide bonds. The number of carbonyl (C=O) groups is 2. The van der Waals surface area contributed by atoms with Crippen LogP contribution in [0.2, 0.25) is 0 Å². The number of benzene rings is 2. The fraction of sp³-hybridized carbons (Fsp3) is 0.481. The Kier molecular flexibility index (Phi) is 7.59. The van der Waals surface area contributed by atoms with Crippen LogP contribution < -0.4 is 5.32 Å². The second kappa shape index (κ2) is 10.8. The minimum absolute atomic E-state index is 0.0350. The van der Waals surface area contributed by atoms with Crippen molar-refractivity contribution in [2.45, 2.75) is 51.6 Å². The lowest BCUT2D eigenvalue weighted by Crippen LogP contribution is -2.44. The van der Waals surface area contributed by atoms with Gasteiger partial charge in [0.15, 0.2) is 0 Å². The Morgan fingerprint density at radius 1 is 0.844 bits per heavy atom. The summed E-state index contributed by atoms with van der Waals surface area (Å²) in [6.07, 6.45) is 5.13. The SMILES string of the molecule is CC(=O)N1CCC(Cc2ccc(C(=O)NC3CCN(Cc4ccccc4)CC3)cc2)CC1. The van der Waals surface area contributed by atoms with Gasteiger partial charge in [0.2, 0.25) is 5.91 Å². The van der Waals surface area contributed by atoms with E-state index < -0.39 is 0 Å². The number of hydrogen-bond acceptors (Lipinski definition) is 3. The van der Waals surface area contributed by atoms with Crippen molar-refractivity contribution < 1.29 is 9.59 Å². The van der Waals surface area contributed by atoms with E-state index in [9.17, 15) is 9.59 Å². The van der Waals surface area contributed by atoms with Gasteiger partial charge in [0.05, 0.1) is 0 Å². The van der Waals surface area contributed by atoms with Gasteiger partial charge in [-0.25, -0.2) is 0 Å². The molecule has 32 heavy (non-hydrogen) atoms. The Labute approximate surface area is 191 Å². The van der Waals surface area contributed by atoms with Crippen LogP contribution in [0.25, 0.3) is 0 Å².